The Hall–Kier alpha value is -3.15. The van der Waals surface area contributed by atoms with Crippen molar-refractivity contribution in [3.63, 3.8) is 0 Å². The number of phenols is 1. The normalized spacial score (nSPS) is 10.6. The summed E-state index contributed by atoms with van der Waals surface area (Å²) in [6.07, 6.45) is 0. The third-order valence-electron chi connectivity index (χ3n) is 3.01. The number of rotatable bonds is 3. The molecule has 0 aliphatic rings. The molecule has 110 valence electrons. The lowest BCUT2D eigenvalue weighted by Gasteiger charge is -2.07. The fourth-order valence-corrected chi connectivity index (χ4v) is 1.89. The minimum atomic E-state index is -0.532. The summed E-state index contributed by atoms with van der Waals surface area (Å²) in [6, 6.07) is 11.8. The van der Waals surface area contributed by atoms with Gasteiger partial charge in [-0.15, -0.1) is 15.0 Å². The molecule has 6 heteroatoms. The number of carbonyl (C=O) groups excluding carboxylic acids is 1. The van der Waals surface area contributed by atoms with Crippen LogP contribution in [0.2, 0.25) is 0 Å². The number of ether oxygens (including phenoxy) is 1. The zero-order chi connectivity index (χ0) is 15.7. The van der Waals surface area contributed by atoms with E-state index in [0.717, 1.165) is 0 Å². The van der Waals surface area contributed by atoms with Gasteiger partial charge in [0.05, 0.1) is 0 Å². The highest BCUT2D eigenvalue weighted by Crippen LogP contribution is 2.26. The van der Waals surface area contributed by atoms with Crippen LogP contribution in [0.3, 0.4) is 0 Å². The first kappa shape index (κ1) is 13.8. The van der Waals surface area contributed by atoms with E-state index in [1.54, 1.807) is 6.92 Å². The van der Waals surface area contributed by atoms with Gasteiger partial charge < -0.3 is 9.84 Å². The summed E-state index contributed by atoms with van der Waals surface area (Å²) in [6.45, 7) is 5.09. The Balaban J connectivity index is 2.02. The van der Waals surface area contributed by atoms with Gasteiger partial charge in [0, 0.05) is 11.6 Å². The van der Waals surface area contributed by atoms with Crippen LogP contribution in [-0.4, -0.2) is 26.1 Å². The van der Waals surface area contributed by atoms with Crippen molar-refractivity contribution < 1.29 is 14.6 Å². The monoisotopic (exact) mass is 295 g/mol. The smallest absolute Gasteiger partial charge is 0.338 e. The number of fused-ring (bicyclic) bond motifs is 1. The Morgan fingerprint density at radius 2 is 1.82 bits per heavy atom. The molecule has 0 radical (unpaired) electrons. The highest BCUT2D eigenvalue weighted by molar-refractivity contribution is 5.88. The molecule has 22 heavy (non-hydrogen) atoms. The van der Waals surface area contributed by atoms with Crippen LogP contribution in [0.4, 0.5) is 0 Å². The molecule has 1 aromatic heterocycles. The summed E-state index contributed by atoms with van der Waals surface area (Å²) in [5.74, 6) is -0.271. The minimum absolute atomic E-state index is 0.0181. The van der Waals surface area contributed by atoms with Crippen LogP contribution in [0.1, 0.15) is 6.92 Å². The first-order valence-electron chi connectivity index (χ1n) is 6.58. The lowest BCUT2D eigenvalue weighted by Crippen LogP contribution is -2.09. The van der Waals surface area contributed by atoms with Gasteiger partial charge in [-0.3, -0.25) is 0 Å². The van der Waals surface area contributed by atoms with E-state index < -0.39 is 5.97 Å². The van der Waals surface area contributed by atoms with Crippen molar-refractivity contribution in [3.05, 3.63) is 54.6 Å². The van der Waals surface area contributed by atoms with Gasteiger partial charge in [-0.05, 0) is 31.2 Å². The van der Waals surface area contributed by atoms with Gasteiger partial charge in [0.25, 0.3) is 0 Å². The Labute approximate surface area is 126 Å². The number of nitrogens with zero attached hydrogens (tertiary/aromatic N) is 3. The number of aromatic hydroxyl groups is 1. The van der Waals surface area contributed by atoms with Crippen LogP contribution in [0.25, 0.3) is 16.7 Å². The Morgan fingerprint density at radius 3 is 2.41 bits per heavy atom. The molecule has 1 heterocycles. The van der Waals surface area contributed by atoms with Crippen LogP contribution < -0.4 is 4.74 Å². The Bertz CT molecular complexity index is 850. The van der Waals surface area contributed by atoms with Gasteiger partial charge in [-0.25, -0.2) is 4.79 Å². The molecule has 0 spiro atoms. The molecule has 0 saturated heterocycles. The average Bonchev–Trinajstić information content (AvgIpc) is 2.92. The maximum atomic E-state index is 11.6. The van der Waals surface area contributed by atoms with E-state index in [-0.39, 0.29) is 17.1 Å². The largest absolute Gasteiger partial charge is 0.506 e. The van der Waals surface area contributed by atoms with E-state index in [2.05, 4.69) is 16.8 Å². The predicted molar refractivity (Wildman–Crippen MR) is 81.0 cm³/mol. The predicted octanol–water partition coefficient (Wildman–Crippen LogP) is 2.61. The Kier molecular flexibility index (Phi) is 3.34. The summed E-state index contributed by atoms with van der Waals surface area (Å²) in [4.78, 5) is 12.9. The second kappa shape index (κ2) is 5.33. The van der Waals surface area contributed by atoms with Gasteiger partial charge in [0.1, 0.15) is 28.2 Å². The van der Waals surface area contributed by atoms with Crippen molar-refractivity contribution in [1.29, 1.82) is 0 Å². The lowest BCUT2D eigenvalue weighted by molar-refractivity contribution is -0.130. The number of phenolic OH excluding ortho intramolecular Hbond substituents is 1. The molecular formula is C16H13N3O3. The molecule has 2 aromatic carbocycles. The van der Waals surface area contributed by atoms with E-state index in [1.165, 1.54) is 23.0 Å². The standard InChI is InChI=1S/C16H13N3O3/c1-10(2)16(21)22-11-7-8-15(20)14(9-11)19-17-12-5-3-4-6-13(12)18-19/h3-9,20H,1H2,2H3. The molecular weight excluding hydrogens is 282 g/mol. The molecule has 0 unspecified atom stereocenters. The molecule has 0 aliphatic carbocycles. The van der Waals surface area contributed by atoms with Gasteiger partial charge in [-0.2, -0.15) is 0 Å². The van der Waals surface area contributed by atoms with Gasteiger partial charge in [0.15, 0.2) is 0 Å². The maximum absolute atomic E-state index is 11.6. The molecule has 3 aromatic rings. The van der Waals surface area contributed by atoms with E-state index in [4.69, 9.17) is 4.74 Å². The molecule has 0 aliphatic heterocycles. The summed E-state index contributed by atoms with van der Waals surface area (Å²) < 4.78 is 5.15. The zero-order valence-corrected chi connectivity index (χ0v) is 11.9. The summed E-state index contributed by atoms with van der Waals surface area (Å²) in [5, 5.41) is 18.6. The van der Waals surface area contributed by atoms with Crippen LogP contribution in [0.5, 0.6) is 11.5 Å². The number of hydrogen-bond donors (Lipinski definition) is 1. The van der Waals surface area contributed by atoms with E-state index in [0.29, 0.717) is 16.7 Å². The Morgan fingerprint density at radius 1 is 1.18 bits per heavy atom. The molecule has 3 rings (SSSR count). The van der Waals surface area contributed by atoms with E-state index in [1.807, 2.05) is 24.3 Å². The van der Waals surface area contributed by atoms with Crippen LogP contribution >= 0.6 is 0 Å². The van der Waals surface area contributed by atoms with Crippen molar-refractivity contribution in [2.24, 2.45) is 0 Å². The maximum Gasteiger partial charge on any atom is 0.338 e. The third kappa shape index (κ3) is 2.54. The number of benzene rings is 2. The summed E-state index contributed by atoms with van der Waals surface area (Å²) in [5.41, 5.74) is 2.01. The number of carbonyl (C=O) groups is 1. The number of esters is 1. The second-order valence-electron chi connectivity index (χ2n) is 4.80. The fourth-order valence-electron chi connectivity index (χ4n) is 1.89. The zero-order valence-electron chi connectivity index (χ0n) is 11.9. The van der Waals surface area contributed by atoms with E-state index >= 15 is 0 Å². The van der Waals surface area contributed by atoms with Gasteiger partial charge >= 0.3 is 5.97 Å². The van der Waals surface area contributed by atoms with Gasteiger partial charge in [-0.1, -0.05) is 18.7 Å². The van der Waals surface area contributed by atoms with Crippen molar-refractivity contribution in [3.8, 4) is 17.2 Å². The van der Waals surface area contributed by atoms with Crippen LogP contribution in [-0.2, 0) is 4.79 Å². The second-order valence-corrected chi connectivity index (χ2v) is 4.80. The third-order valence-corrected chi connectivity index (χ3v) is 3.01. The molecule has 0 amide bonds. The topological polar surface area (TPSA) is 77.2 Å². The lowest BCUT2D eigenvalue weighted by atomic mass is 10.3. The van der Waals surface area contributed by atoms with Gasteiger partial charge in [0.2, 0.25) is 0 Å². The molecule has 0 fully saturated rings. The van der Waals surface area contributed by atoms with Crippen molar-refractivity contribution in [1.82, 2.24) is 15.0 Å². The molecule has 0 atom stereocenters. The highest BCUT2D eigenvalue weighted by Gasteiger charge is 2.12. The first-order valence-corrected chi connectivity index (χ1v) is 6.58. The molecule has 0 bridgehead atoms. The SMILES string of the molecule is C=C(C)C(=O)Oc1ccc(O)c(-n2nc3ccccc3n2)c1. The van der Waals surface area contributed by atoms with Crippen molar-refractivity contribution >= 4 is 17.0 Å². The van der Waals surface area contributed by atoms with Crippen LogP contribution in [0.15, 0.2) is 54.6 Å². The summed E-state index contributed by atoms with van der Waals surface area (Å²) >= 11 is 0. The van der Waals surface area contributed by atoms with E-state index in [9.17, 15) is 9.90 Å². The average molecular weight is 295 g/mol. The quantitative estimate of drug-likeness (QED) is 0.456. The summed E-state index contributed by atoms with van der Waals surface area (Å²) in [7, 11) is 0. The highest BCUT2D eigenvalue weighted by atomic mass is 16.5. The van der Waals surface area contributed by atoms with Crippen LogP contribution in [0, 0.1) is 0 Å². The molecule has 6 nitrogen and oxygen atoms in total. The number of aromatic nitrogens is 3. The fraction of sp³-hybridized carbons (Fsp3) is 0.0625. The first-order chi connectivity index (χ1) is 10.5. The van der Waals surface area contributed by atoms with Crippen molar-refractivity contribution in [2.75, 3.05) is 0 Å². The molecule has 1 N–H and O–H groups in total. The number of hydrogen-bond acceptors (Lipinski definition) is 5. The molecule has 0 saturated carbocycles. The van der Waals surface area contributed by atoms with Crippen molar-refractivity contribution in [2.45, 2.75) is 6.92 Å². The minimum Gasteiger partial charge on any atom is -0.506 e.